The smallest absolute Gasteiger partial charge is 0.294 e. The fourth-order valence-corrected chi connectivity index (χ4v) is 4.42. The molecule has 6 nitrogen and oxygen atoms in total. The Kier molecular flexibility index (Phi) is 7.57. The zero-order chi connectivity index (χ0) is 24.1. The highest BCUT2D eigenvalue weighted by Gasteiger charge is 2.36. The van der Waals surface area contributed by atoms with Gasteiger partial charge < -0.3 is 10.1 Å². The SMILES string of the molecule is O=C(CN1C(=O)S/C(=C\c2ccc(OCc3ccccc3Cl)c(Cl)c2)C1=O)Nc1ccccc1. The molecule has 9 heteroatoms. The van der Waals surface area contributed by atoms with Crippen LogP contribution in [-0.4, -0.2) is 28.5 Å². The van der Waals surface area contributed by atoms with Crippen LogP contribution in [0, 0.1) is 0 Å². The normalized spacial score (nSPS) is 14.5. The quantitative estimate of drug-likeness (QED) is 0.378. The predicted molar refractivity (Wildman–Crippen MR) is 135 cm³/mol. The van der Waals surface area contributed by atoms with Gasteiger partial charge in [-0.1, -0.05) is 65.7 Å². The number of amides is 3. The molecule has 172 valence electrons. The van der Waals surface area contributed by atoms with E-state index in [1.807, 2.05) is 24.3 Å². The number of para-hydroxylation sites is 1. The molecule has 0 aromatic heterocycles. The molecule has 0 spiro atoms. The van der Waals surface area contributed by atoms with Crippen LogP contribution in [0.1, 0.15) is 11.1 Å². The van der Waals surface area contributed by atoms with Crippen molar-refractivity contribution in [3.05, 3.63) is 98.9 Å². The van der Waals surface area contributed by atoms with E-state index < -0.39 is 17.1 Å². The summed E-state index contributed by atoms with van der Waals surface area (Å²) in [4.78, 5) is 38.4. The van der Waals surface area contributed by atoms with Crippen LogP contribution in [0.25, 0.3) is 6.08 Å². The third-order valence-electron chi connectivity index (χ3n) is 4.83. The van der Waals surface area contributed by atoms with Crippen molar-refractivity contribution in [2.45, 2.75) is 6.61 Å². The number of ether oxygens (including phenoxy) is 1. The highest BCUT2D eigenvalue weighted by atomic mass is 35.5. The molecule has 1 heterocycles. The number of nitrogens with one attached hydrogen (secondary N) is 1. The van der Waals surface area contributed by atoms with E-state index in [-0.39, 0.29) is 18.1 Å². The molecule has 4 rings (SSSR count). The van der Waals surface area contributed by atoms with Gasteiger partial charge in [-0.3, -0.25) is 19.3 Å². The highest BCUT2D eigenvalue weighted by Crippen LogP contribution is 2.34. The van der Waals surface area contributed by atoms with Crippen LogP contribution >= 0.6 is 35.0 Å². The molecule has 3 amide bonds. The molecule has 0 aliphatic carbocycles. The summed E-state index contributed by atoms with van der Waals surface area (Å²) in [6.07, 6.45) is 1.56. The molecule has 3 aromatic rings. The number of halogens is 2. The highest BCUT2D eigenvalue weighted by molar-refractivity contribution is 8.18. The van der Waals surface area contributed by atoms with Crippen molar-refractivity contribution < 1.29 is 19.1 Å². The number of hydrogen-bond donors (Lipinski definition) is 1. The molecule has 34 heavy (non-hydrogen) atoms. The third kappa shape index (κ3) is 5.80. The van der Waals surface area contributed by atoms with Gasteiger partial charge in [-0.2, -0.15) is 0 Å². The third-order valence-corrected chi connectivity index (χ3v) is 6.40. The van der Waals surface area contributed by atoms with Gasteiger partial charge in [-0.25, -0.2) is 0 Å². The number of anilines is 1. The second-order valence-electron chi connectivity index (χ2n) is 7.25. The van der Waals surface area contributed by atoms with Crippen molar-refractivity contribution in [2.75, 3.05) is 11.9 Å². The van der Waals surface area contributed by atoms with Crippen molar-refractivity contribution in [2.24, 2.45) is 0 Å². The van der Waals surface area contributed by atoms with Gasteiger partial charge in [0.2, 0.25) is 5.91 Å². The largest absolute Gasteiger partial charge is 0.487 e. The van der Waals surface area contributed by atoms with Crippen molar-refractivity contribution in [3.8, 4) is 5.75 Å². The molecule has 1 aliphatic heterocycles. The maximum Gasteiger partial charge on any atom is 0.294 e. The number of thioether (sulfide) groups is 1. The molecule has 0 atom stereocenters. The van der Waals surface area contributed by atoms with E-state index in [0.717, 1.165) is 22.2 Å². The number of carbonyl (C=O) groups is 3. The summed E-state index contributed by atoms with van der Waals surface area (Å²) in [7, 11) is 0. The average molecular weight is 513 g/mol. The summed E-state index contributed by atoms with van der Waals surface area (Å²) in [5, 5.41) is 3.10. The zero-order valence-electron chi connectivity index (χ0n) is 17.7. The summed E-state index contributed by atoms with van der Waals surface area (Å²) in [6.45, 7) is -0.116. The summed E-state index contributed by atoms with van der Waals surface area (Å²) < 4.78 is 5.76. The van der Waals surface area contributed by atoms with E-state index in [9.17, 15) is 14.4 Å². The van der Waals surface area contributed by atoms with Crippen LogP contribution in [0.4, 0.5) is 10.5 Å². The summed E-state index contributed by atoms with van der Waals surface area (Å²) in [5.74, 6) is -0.532. The molecule has 1 saturated heterocycles. The Hall–Kier alpha value is -3.26. The first-order valence-electron chi connectivity index (χ1n) is 10.2. The van der Waals surface area contributed by atoms with Crippen LogP contribution in [-0.2, 0) is 16.2 Å². The van der Waals surface area contributed by atoms with Gasteiger partial charge in [-0.15, -0.1) is 0 Å². The number of hydrogen-bond acceptors (Lipinski definition) is 5. The molecule has 1 aliphatic rings. The molecule has 0 radical (unpaired) electrons. The van der Waals surface area contributed by atoms with Crippen molar-refractivity contribution in [1.29, 1.82) is 0 Å². The lowest BCUT2D eigenvalue weighted by molar-refractivity contribution is -0.127. The Balaban J connectivity index is 1.41. The van der Waals surface area contributed by atoms with E-state index in [1.54, 1.807) is 54.6 Å². The fourth-order valence-electron chi connectivity index (χ4n) is 3.15. The van der Waals surface area contributed by atoms with Gasteiger partial charge in [0.05, 0.1) is 9.93 Å². The van der Waals surface area contributed by atoms with E-state index in [1.165, 1.54) is 0 Å². The number of imide groups is 1. The van der Waals surface area contributed by atoms with Gasteiger partial charge >= 0.3 is 0 Å². The van der Waals surface area contributed by atoms with Crippen molar-refractivity contribution >= 4 is 63.8 Å². The number of carbonyl (C=O) groups excluding carboxylic acids is 3. The van der Waals surface area contributed by atoms with Gasteiger partial charge in [0.1, 0.15) is 18.9 Å². The monoisotopic (exact) mass is 512 g/mol. The summed E-state index contributed by atoms with van der Waals surface area (Å²) >= 11 is 13.3. The average Bonchev–Trinajstić information content (AvgIpc) is 3.07. The van der Waals surface area contributed by atoms with Crippen LogP contribution in [0.2, 0.25) is 10.0 Å². The number of rotatable bonds is 7. The number of benzene rings is 3. The lowest BCUT2D eigenvalue weighted by Gasteiger charge is -2.12. The maximum atomic E-state index is 12.7. The van der Waals surface area contributed by atoms with Gasteiger partial charge in [0, 0.05) is 16.3 Å². The second-order valence-corrected chi connectivity index (χ2v) is 9.06. The number of nitrogens with zero attached hydrogens (tertiary/aromatic N) is 1. The zero-order valence-corrected chi connectivity index (χ0v) is 20.0. The Morgan fingerprint density at radius 2 is 1.71 bits per heavy atom. The van der Waals surface area contributed by atoms with Gasteiger partial charge in [0.15, 0.2) is 0 Å². The molecule has 0 saturated carbocycles. The van der Waals surface area contributed by atoms with Crippen LogP contribution in [0.5, 0.6) is 5.75 Å². The minimum Gasteiger partial charge on any atom is -0.487 e. The Bertz CT molecular complexity index is 1280. The van der Waals surface area contributed by atoms with E-state index in [0.29, 0.717) is 27.0 Å². The molecular formula is C25H18Cl2N2O4S. The maximum absolute atomic E-state index is 12.7. The van der Waals surface area contributed by atoms with Crippen LogP contribution in [0.3, 0.4) is 0 Å². The molecule has 1 N–H and O–H groups in total. The van der Waals surface area contributed by atoms with Gasteiger partial charge in [0.25, 0.3) is 11.1 Å². The Labute approximate surface area is 210 Å². The Morgan fingerprint density at radius 3 is 2.44 bits per heavy atom. The van der Waals surface area contributed by atoms with Gasteiger partial charge in [-0.05, 0) is 53.7 Å². The first kappa shape index (κ1) is 23.9. The fraction of sp³-hybridized carbons (Fsp3) is 0.0800. The minimum atomic E-state index is -0.534. The molecule has 0 unspecified atom stereocenters. The predicted octanol–water partition coefficient (Wildman–Crippen LogP) is 6.25. The van der Waals surface area contributed by atoms with E-state index in [2.05, 4.69) is 5.32 Å². The van der Waals surface area contributed by atoms with E-state index in [4.69, 9.17) is 27.9 Å². The second kappa shape index (κ2) is 10.8. The standard InChI is InChI=1S/C25H18Cl2N2O4S/c26-19-9-5-4-6-17(19)15-33-21-11-10-16(12-20(21)27)13-22-24(31)29(25(32)34-22)14-23(30)28-18-7-2-1-3-8-18/h1-13H,14-15H2,(H,28,30)/b22-13-. The molecule has 0 bridgehead atoms. The summed E-state index contributed by atoms with van der Waals surface area (Å²) in [6, 6.07) is 21.2. The van der Waals surface area contributed by atoms with Crippen LogP contribution < -0.4 is 10.1 Å². The summed E-state index contributed by atoms with van der Waals surface area (Å²) in [5.41, 5.74) is 2.03. The Morgan fingerprint density at radius 1 is 0.971 bits per heavy atom. The van der Waals surface area contributed by atoms with Crippen molar-refractivity contribution in [1.82, 2.24) is 4.90 Å². The van der Waals surface area contributed by atoms with Crippen LogP contribution in [0.15, 0.2) is 77.7 Å². The molecule has 1 fully saturated rings. The first-order valence-corrected chi connectivity index (χ1v) is 11.7. The molecular weight excluding hydrogens is 495 g/mol. The lowest BCUT2D eigenvalue weighted by atomic mass is 10.2. The lowest BCUT2D eigenvalue weighted by Crippen LogP contribution is -2.36. The van der Waals surface area contributed by atoms with E-state index >= 15 is 0 Å². The first-order chi connectivity index (χ1) is 16.4. The molecule has 3 aromatic carbocycles. The minimum absolute atomic E-state index is 0.207. The topological polar surface area (TPSA) is 75.7 Å². The van der Waals surface area contributed by atoms with Crippen molar-refractivity contribution in [3.63, 3.8) is 0 Å².